The first-order chi connectivity index (χ1) is 23.0. The van der Waals surface area contributed by atoms with Crippen LogP contribution in [0.2, 0.25) is 10.0 Å². The van der Waals surface area contributed by atoms with Crippen molar-refractivity contribution in [2.24, 2.45) is 0 Å². The monoisotopic (exact) mass is 794 g/mol. The van der Waals surface area contributed by atoms with E-state index in [1.54, 1.807) is 72.8 Å². The van der Waals surface area contributed by atoms with E-state index in [9.17, 15) is 16.8 Å². The maximum absolute atomic E-state index is 12.9. The molecule has 14 heteroatoms. The van der Waals surface area contributed by atoms with Gasteiger partial charge in [0.15, 0.2) is 11.2 Å². The van der Waals surface area contributed by atoms with Crippen molar-refractivity contribution in [2.45, 2.75) is 58.4 Å². The largest absolute Gasteiger partial charge is 0.459 e. The van der Waals surface area contributed by atoms with E-state index in [1.165, 1.54) is 12.1 Å². The topological polar surface area (TPSA) is 119 Å². The number of sulfone groups is 2. The van der Waals surface area contributed by atoms with Gasteiger partial charge in [0.2, 0.25) is 19.7 Å². The summed E-state index contributed by atoms with van der Waals surface area (Å²) in [4.78, 5) is 0.882. The van der Waals surface area contributed by atoms with E-state index >= 15 is 0 Å². The minimum Gasteiger partial charge on any atom is -0.459 e. The molecule has 2 aliphatic heterocycles. The van der Waals surface area contributed by atoms with Gasteiger partial charge in [-0.15, -0.1) is 24.8 Å². The van der Waals surface area contributed by atoms with Crippen molar-refractivity contribution in [3.8, 4) is 0 Å². The lowest BCUT2D eigenvalue weighted by Gasteiger charge is -2.19. The molecule has 264 valence electrons. The molecule has 2 unspecified atom stereocenters. The minimum absolute atomic E-state index is 0. The number of fused-ring (bicyclic) bond motifs is 6. The van der Waals surface area contributed by atoms with Gasteiger partial charge in [-0.1, -0.05) is 59.6 Å². The van der Waals surface area contributed by atoms with Gasteiger partial charge in [-0.05, 0) is 62.4 Å². The quantitative estimate of drug-likeness (QED) is 0.182. The molecule has 0 saturated heterocycles. The number of nitrogens with one attached hydrogen (secondary N) is 2. The summed E-state index contributed by atoms with van der Waals surface area (Å²) < 4.78 is 63.4. The van der Waals surface area contributed by atoms with E-state index in [0.717, 1.165) is 59.4 Å². The van der Waals surface area contributed by atoms with Crippen molar-refractivity contribution >= 4 is 89.6 Å². The Balaban J connectivity index is 0.000000187. The van der Waals surface area contributed by atoms with Gasteiger partial charge in [0.25, 0.3) is 0 Å². The second kappa shape index (κ2) is 14.9. The van der Waals surface area contributed by atoms with Crippen LogP contribution in [0.5, 0.6) is 0 Å². The van der Waals surface area contributed by atoms with Crippen LogP contribution in [0, 0.1) is 0 Å². The second-order valence-electron chi connectivity index (χ2n) is 11.9. The van der Waals surface area contributed by atoms with Crippen LogP contribution in [0.25, 0.3) is 21.9 Å². The lowest BCUT2D eigenvalue weighted by Crippen LogP contribution is -2.26. The molecular weight excluding hydrogens is 762 g/mol. The third-order valence-corrected chi connectivity index (χ3v) is 12.9. The van der Waals surface area contributed by atoms with E-state index < -0.39 is 19.7 Å². The summed E-state index contributed by atoms with van der Waals surface area (Å²) in [6, 6.07) is 23.2. The maximum atomic E-state index is 12.9. The van der Waals surface area contributed by atoms with E-state index in [-0.39, 0.29) is 56.5 Å². The highest BCUT2D eigenvalue weighted by molar-refractivity contribution is 7.91. The summed E-state index contributed by atoms with van der Waals surface area (Å²) in [5.74, 6) is 1.76. The molecule has 0 aliphatic carbocycles. The fourth-order valence-corrected chi connectivity index (χ4v) is 9.83. The number of furan rings is 2. The summed E-state index contributed by atoms with van der Waals surface area (Å²) in [5, 5.41) is 8.93. The van der Waals surface area contributed by atoms with E-state index in [2.05, 4.69) is 10.6 Å². The number of halogens is 4. The normalized spacial score (nSPS) is 17.1. The first-order valence-electron chi connectivity index (χ1n) is 15.5. The lowest BCUT2D eigenvalue weighted by molar-refractivity contribution is 0.463. The number of rotatable bonds is 4. The average molecular weight is 797 g/mol. The molecule has 0 bridgehead atoms. The third kappa shape index (κ3) is 6.80. The van der Waals surface area contributed by atoms with Crippen LogP contribution in [0.1, 0.15) is 48.6 Å². The molecule has 2 atom stereocenters. The number of hydrogen-bond acceptors (Lipinski definition) is 8. The van der Waals surface area contributed by atoms with Crippen molar-refractivity contribution in [2.75, 3.05) is 13.1 Å². The SMILES string of the molecule is CC1NCCc2oc3c(Cl)cc(S(=O)(=O)c4ccccc4)cc3c21.CC1NCCc2oc3c(Cl)cc(S(=O)(=O)c4ccccc4)cc3c21.Cl.Cl. The maximum Gasteiger partial charge on any atom is 0.206 e. The molecule has 8 nitrogen and oxygen atoms in total. The van der Waals surface area contributed by atoms with Crippen molar-refractivity contribution in [3.63, 3.8) is 0 Å². The van der Waals surface area contributed by atoms with Gasteiger partial charge in [-0.2, -0.15) is 0 Å². The van der Waals surface area contributed by atoms with Crippen LogP contribution in [0.4, 0.5) is 0 Å². The predicted octanol–water partition coefficient (Wildman–Crippen LogP) is 9.09. The fourth-order valence-electron chi connectivity index (χ4n) is 6.51. The Morgan fingerprint density at radius 2 is 0.940 bits per heavy atom. The molecule has 2 aromatic heterocycles. The van der Waals surface area contributed by atoms with E-state index in [4.69, 9.17) is 32.0 Å². The first kappa shape index (κ1) is 38.2. The summed E-state index contributed by atoms with van der Waals surface area (Å²) in [5.41, 5.74) is 3.12. The summed E-state index contributed by atoms with van der Waals surface area (Å²) in [6.45, 7) is 5.75. The summed E-state index contributed by atoms with van der Waals surface area (Å²) in [6.07, 6.45) is 1.54. The molecule has 0 spiro atoms. The molecule has 2 aliphatic rings. The van der Waals surface area contributed by atoms with E-state index in [1.807, 2.05) is 13.8 Å². The Morgan fingerprint density at radius 1 is 0.580 bits per heavy atom. The molecule has 0 saturated carbocycles. The number of benzene rings is 4. The molecule has 8 rings (SSSR count). The van der Waals surface area contributed by atoms with Gasteiger partial charge in [0, 0.05) is 59.9 Å². The smallest absolute Gasteiger partial charge is 0.206 e. The summed E-state index contributed by atoms with van der Waals surface area (Å²) >= 11 is 12.7. The van der Waals surface area contributed by atoms with E-state index in [0.29, 0.717) is 21.2 Å². The predicted molar refractivity (Wildman–Crippen MR) is 201 cm³/mol. The van der Waals surface area contributed by atoms with Gasteiger partial charge in [0.05, 0.1) is 29.6 Å². The van der Waals surface area contributed by atoms with Crippen LogP contribution in [-0.2, 0) is 32.5 Å². The Hall–Kier alpha value is -3.06. The Bertz CT molecular complexity index is 2230. The molecule has 6 aromatic rings. The van der Waals surface area contributed by atoms with Crippen molar-refractivity contribution in [1.29, 1.82) is 0 Å². The van der Waals surface area contributed by atoms with Gasteiger partial charge in [-0.25, -0.2) is 16.8 Å². The highest BCUT2D eigenvalue weighted by Crippen LogP contribution is 2.41. The average Bonchev–Trinajstić information content (AvgIpc) is 3.67. The molecule has 0 fully saturated rings. The highest BCUT2D eigenvalue weighted by atomic mass is 35.5. The van der Waals surface area contributed by atoms with Crippen molar-refractivity contribution in [3.05, 3.63) is 118 Å². The van der Waals surface area contributed by atoms with Gasteiger partial charge in [0.1, 0.15) is 11.5 Å². The standard InChI is InChI=1S/2C18H16ClNO3S.2ClH/c2*1-11-17-14-9-13(24(21,22)12-5-3-2-4-6-12)10-15(19)18(14)23-16(17)7-8-20-11;;/h2*2-6,9-11,20H,7-8H2,1H3;2*1H. The Labute approximate surface area is 313 Å². The molecule has 50 heavy (non-hydrogen) atoms. The zero-order chi connectivity index (χ0) is 33.8. The Kier molecular flexibility index (Phi) is 11.4. The molecule has 4 aromatic carbocycles. The first-order valence-corrected chi connectivity index (χ1v) is 19.3. The molecule has 0 amide bonds. The number of hydrogen-bond donors (Lipinski definition) is 2. The highest BCUT2D eigenvalue weighted by Gasteiger charge is 2.29. The zero-order valence-corrected chi connectivity index (χ0v) is 31.7. The van der Waals surface area contributed by atoms with Crippen LogP contribution in [-0.4, -0.2) is 29.9 Å². The zero-order valence-electron chi connectivity index (χ0n) is 26.9. The Morgan fingerprint density at radius 3 is 1.30 bits per heavy atom. The second-order valence-corrected chi connectivity index (χ2v) is 16.6. The summed E-state index contributed by atoms with van der Waals surface area (Å²) in [7, 11) is -7.24. The minimum atomic E-state index is -3.62. The van der Waals surface area contributed by atoms with Crippen molar-refractivity contribution < 1.29 is 25.7 Å². The van der Waals surface area contributed by atoms with Crippen LogP contribution in [0.3, 0.4) is 0 Å². The fraction of sp³-hybridized carbons (Fsp3) is 0.222. The van der Waals surface area contributed by atoms with Crippen LogP contribution < -0.4 is 10.6 Å². The lowest BCUT2D eigenvalue weighted by atomic mass is 9.99. The van der Waals surface area contributed by atoms with Gasteiger partial charge < -0.3 is 19.5 Å². The van der Waals surface area contributed by atoms with Crippen molar-refractivity contribution in [1.82, 2.24) is 10.6 Å². The molecule has 2 N–H and O–H groups in total. The molecule has 0 radical (unpaired) electrons. The van der Waals surface area contributed by atoms with Gasteiger partial charge >= 0.3 is 0 Å². The molecular formula is C36H34Cl4N2O6S2. The van der Waals surface area contributed by atoms with Gasteiger partial charge in [-0.3, -0.25) is 0 Å². The van der Waals surface area contributed by atoms with Crippen LogP contribution >= 0.6 is 48.0 Å². The molecule has 4 heterocycles. The van der Waals surface area contributed by atoms with Crippen LogP contribution in [0.15, 0.2) is 113 Å². The third-order valence-electron chi connectivity index (χ3n) is 8.86.